The minimum Gasteiger partial charge on any atom is -0.447 e. The molecule has 5 rings (SSSR count). The molecule has 3 aliphatic rings. The second-order valence-corrected chi connectivity index (χ2v) is 8.42. The number of pyridine rings is 1. The summed E-state index contributed by atoms with van der Waals surface area (Å²) in [5.41, 5.74) is 2.81. The van der Waals surface area contributed by atoms with Crippen LogP contribution in [0.2, 0.25) is 0 Å². The van der Waals surface area contributed by atoms with E-state index < -0.39 is 0 Å². The van der Waals surface area contributed by atoms with E-state index in [1.807, 2.05) is 23.2 Å². The lowest BCUT2D eigenvalue weighted by molar-refractivity contribution is 0.0472. The van der Waals surface area contributed by atoms with Crippen molar-refractivity contribution in [3.05, 3.63) is 60.2 Å². The second kappa shape index (κ2) is 7.62. The average molecular weight is 392 g/mol. The van der Waals surface area contributed by atoms with Crippen molar-refractivity contribution in [2.45, 2.75) is 31.7 Å². The molecule has 1 amide bonds. The Labute approximate surface area is 170 Å². The minimum absolute atomic E-state index is 0.150. The van der Waals surface area contributed by atoms with Crippen molar-refractivity contribution in [3.8, 4) is 11.1 Å². The zero-order valence-electron chi connectivity index (χ0n) is 16.3. The van der Waals surface area contributed by atoms with Crippen molar-refractivity contribution in [1.29, 1.82) is 0 Å². The van der Waals surface area contributed by atoms with Gasteiger partial charge in [-0.3, -0.25) is 4.98 Å². The van der Waals surface area contributed by atoms with Crippen molar-refractivity contribution in [3.63, 3.8) is 0 Å². The van der Waals surface area contributed by atoms with Gasteiger partial charge in [0.15, 0.2) is 0 Å². The monoisotopic (exact) mass is 392 g/mol. The number of fused-ring (bicyclic) bond motifs is 2. The number of nitrogens with zero attached hydrogens (tertiary/aromatic N) is 2. The number of amides is 1. The van der Waals surface area contributed by atoms with Crippen molar-refractivity contribution in [1.82, 2.24) is 9.88 Å². The third kappa shape index (κ3) is 3.54. The number of carbonyl (C=O) groups excluding carboxylic acids is 1. The number of cyclic esters (lactones) is 1. The molecule has 4 atom stereocenters. The van der Waals surface area contributed by atoms with Crippen molar-refractivity contribution < 1.29 is 13.9 Å². The quantitative estimate of drug-likeness (QED) is 0.725. The summed E-state index contributed by atoms with van der Waals surface area (Å²) >= 11 is 0. The molecule has 3 heterocycles. The first-order valence-electron chi connectivity index (χ1n) is 10.5. The van der Waals surface area contributed by atoms with E-state index in [-0.39, 0.29) is 18.0 Å². The highest BCUT2D eigenvalue weighted by Gasteiger charge is 2.48. The number of carbonyl (C=O) groups is 1. The summed E-state index contributed by atoms with van der Waals surface area (Å²) < 4.78 is 18.5. The first-order valence-corrected chi connectivity index (χ1v) is 10.5. The molecule has 5 heteroatoms. The van der Waals surface area contributed by atoms with Gasteiger partial charge in [0.05, 0.1) is 11.7 Å². The summed E-state index contributed by atoms with van der Waals surface area (Å²) in [4.78, 5) is 18.7. The van der Waals surface area contributed by atoms with Gasteiger partial charge in [-0.15, -0.1) is 0 Å². The molecule has 0 bridgehead atoms. The Hall–Kier alpha value is -2.69. The van der Waals surface area contributed by atoms with Gasteiger partial charge in [0, 0.05) is 24.2 Å². The van der Waals surface area contributed by atoms with Crippen LogP contribution in [0.15, 0.2) is 48.7 Å². The van der Waals surface area contributed by atoms with E-state index in [2.05, 4.69) is 17.1 Å². The molecule has 2 aromatic rings. The number of halogens is 1. The largest absolute Gasteiger partial charge is 0.447 e. The lowest BCUT2D eigenvalue weighted by atomic mass is 9.67. The maximum atomic E-state index is 13.1. The van der Waals surface area contributed by atoms with E-state index in [4.69, 9.17) is 4.74 Å². The molecular formula is C24H25FN2O2. The number of piperidine rings is 1. The van der Waals surface area contributed by atoms with Gasteiger partial charge in [-0.25, -0.2) is 9.18 Å². The first kappa shape index (κ1) is 18.3. The molecule has 2 saturated heterocycles. The second-order valence-electron chi connectivity index (χ2n) is 8.42. The topological polar surface area (TPSA) is 42.4 Å². The summed E-state index contributed by atoms with van der Waals surface area (Å²) in [6.45, 7) is 1.34. The predicted octanol–water partition coefficient (Wildman–Crippen LogP) is 5.16. The fourth-order valence-electron chi connectivity index (χ4n) is 5.30. The summed E-state index contributed by atoms with van der Waals surface area (Å²) in [6.07, 6.45) is 11.0. The zero-order chi connectivity index (χ0) is 19.8. The van der Waals surface area contributed by atoms with E-state index in [9.17, 15) is 9.18 Å². The molecule has 4 nitrogen and oxygen atoms in total. The van der Waals surface area contributed by atoms with Crippen molar-refractivity contribution in [2.24, 2.45) is 17.8 Å². The number of benzene rings is 1. The molecular weight excluding hydrogens is 367 g/mol. The molecule has 0 spiro atoms. The van der Waals surface area contributed by atoms with Gasteiger partial charge < -0.3 is 9.64 Å². The first-order chi connectivity index (χ1) is 14.2. The number of rotatable bonds is 3. The highest BCUT2D eigenvalue weighted by Crippen LogP contribution is 2.44. The molecule has 4 unspecified atom stereocenters. The van der Waals surface area contributed by atoms with Crippen LogP contribution in [0, 0.1) is 23.6 Å². The Bertz CT molecular complexity index is 909. The standard InChI is InChI=1S/C24H25FN2O2/c25-19-8-5-16(6-9-19)17-7-10-20(26-13-17)11-12-22-21-4-2-1-3-18(21)14-27-23(22)15-29-24(27)28/h5-13,18,21-23H,1-4,14-15H2/b12-11+. The third-order valence-electron chi connectivity index (χ3n) is 6.80. The van der Waals surface area contributed by atoms with Gasteiger partial charge >= 0.3 is 6.09 Å². The SMILES string of the molecule is O=C1OCC2C(/C=C/c3ccc(-c4ccc(F)cc4)cn3)C3CCCCC3CN12. The molecule has 0 N–H and O–H groups in total. The van der Waals surface area contributed by atoms with E-state index in [0.29, 0.717) is 24.4 Å². The van der Waals surface area contributed by atoms with Gasteiger partial charge in [-0.1, -0.05) is 37.1 Å². The Morgan fingerprint density at radius 1 is 1.07 bits per heavy atom. The summed E-state index contributed by atoms with van der Waals surface area (Å²) in [7, 11) is 0. The molecule has 2 aliphatic heterocycles. The molecule has 0 radical (unpaired) electrons. The van der Waals surface area contributed by atoms with Crippen LogP contribution in [0.3, 0.4) is 0 Å². The zero-order valence-corrected chi connectivity index (χ0v) is 16.3. The van der Waals surface area contributed by atoms with E-state index in [1.165, 1.54) is 37.8 Å². The normalized spacial score (nSPS) is 28.9. The summed E-state index contributed by atoms with van der Waals surface area (Å²) in [6, 6.07) is 10.6. The van der Waals surface area contributed by atoms with Crippen LogP contribution in [-0.4, -0.2) is 35.2 Å². The molecule has 1 aromatic heterocycles. The fraction of sp³-hybridized carbons (Fsp3) is 0.417. The Morgan fingerprint density at radius 3 is 2.66 bits per heavy atom. The van der Waals surface area contributed by atoms with E-state index >= 15 is 0 Å². The van der Waals surface area contributed by atoms with E-state index in [1.54, 1.807) is 12.1 Å². The predicted molar refractivity (Wildman–Crippen MR) is 109 cm³/mol. The smallest absolute Gasteiger partial charge is 0.410 e. The molecule has 1 aliphatic carbocycles. The highest BCUT2D eigenvalue weighted by molar-refractivity contribution is 5.70. The number of ether oxygens (including phenoxy) is 1. The fourth-order valence-corrected chi connectivity index (χ4v) is 5.30. The van der Waals surface area contributed by atoms with Crippen LogP contribution in [0.4, 0.5) is 9.18 Å². The van der Waals surface area contributed by atoms with E-state index in [0.717, 1.165) is 23.4 Å². The van der Waals surface area contributed by atoms with Crippen LogP contribution < -0.4 is 0 Å². The van der Waals surface area contributed by atoms with Crippen LogP contribution in [0.1, 0.15) is 31.4 Å². The highest BCUT2D eigenvalue weighted by atomic mass is 19.1. The van der Waals surface area contributed by atoms with Gasteiger partial charge in [0.2, 0.25) is 0 Å². The van der Waals surface area contributed by atoms with Gasteiger partial charge in [0.25, 0.3) is 0 Å². The maximum absolute atomic E-state index is 13.1. The number of aromatic nitrogens is 1. The molecule has 1 aromatic carbocycles. The van der Waals surface area contributed by atoms with Crippen LogP contribution in [0.25, 0.3) is 17.2 Å². The Balaban J connectivity index is 1.36. The lowest BCUT2D eigenvalue weighted by Crippen LogP contribution is -2.52. The van der Waals surface area contributed by atoms with Gasteiger partial charge in [-0.05, 0) is 54.5 Å². The van der Waals surface area contributed by atoms with Gasteiger partial charge in [-0.2, -0.15) is 0 Å². The van der Waals surface area contributed by atoms with Crippen molar-refractivity contribution in [2.75, 3.05) is 13.2 Å². The van der Waals surface area contributed by atoms with Crippen LogP contribution in [0.5, 0.6) is 0 Å². The third-order valence-corrected chi connectivity index (χ3v) is 6.80. The maximum Gasteiger partial charge on any atom is 0.410 e. The molecule has 1 saturated carbocycles. The Kier molecular flexibility index (Phi) is 4.82. The summed E-state index contributed by atoms with van der Waals surface area (Å²) in [5.74, 6) is 1.28. The van der Waals surface area contributed by atoms with Crippen LogP contribution in [-0.2, 0) is 4.74 Å². The summed E-state index contributed by atoms with van der Waals surface area (Å²) in [5, 5.41) is 0. The number of hydrogen-bond acceptors (Lipinski definition) is 3. The van der Waals surface area contributed by atoms with Crippen molar-refractivity contribution >= 4 is 12.2 Å². The minimum atomic E-state index is -0.238. The average Bonchev–Trinajstić information content (AvgIpc) is 3.13. The molecule has 29 heavy (non-hydrogen) atoms. The Morgan fingerprint density at radius 2 is 1.86 bits per heavy atom. The van der Waals surface area contributed by atoms with Gasteiger partial charge in [0.1, 0.15) is 12.4 Å². The molecule has 150 valence electrons. The lowest BCUT2D eigenvalue weighted by Gasteiger charge is -2.46. The number of hydrogen-bond donors (Lipinski definition) is 0. The van der Waals surface area contributed by atoms with Crippen LogP contribution >= 0.6 is 0 Å². The molecule has 3 fully saturated rings.